The fraction of sp³-hybridized carbons (Fsp3) is 0.636. The first-order valence-electron chi connectivity index (χ1n) is 5.10. The molecule has 84 valence electrons. The van der Waals surface area contributed by atoms with Crippen molar-refractivity contribution in [1.82, 2.24) is 9.97 Å². The monoisotopic (exact) mass is 209 g/mol. The summed E-state index contributed by atoms with van der Waals surface area (Å²) in [6, 6.07) is 1.92. The molecule has 1 atom stereocenters. The van der Waals surface area contributed by atoms with Gasteiger partial charge in [-0.3, -0.25) is 0 Å². The highest BCUT2D eigenvalue weighted by molar-refractivity contribution is 5.31. The lowest BCUT2D eigenvalue weighted by Gasteiger charge is -2.29. The van der Waals surface area contributed by atoms with Crippen molar-refractivity contribution in [1.29, 1.82) is 0 Å². The first kappa shape index (κ1) is 11.9. The molecule has 0 aliphatic heterocycles. The molecule has 1 aromatic rings. The van der Waals surface area contributed by atoms with Gasteiger partial charge < -0.3 is 10.4 Å². The number of aryl methyl sites for hydroxylation is 2. The van der Waals surface area contributed by atoms with Crippen molar-refractivity contribution in [2.24, 2.45) is 0 Å². The van der Waals surface area contributed by atoms with Crippen molar-refractivity contribution in [3.8, 4) is 0 Å². The molecular weight excluding hydrogens is 190 g/mol. The quantitative estimate of drug-likeness (QED) is 0.795. The van der Waals surface area contributed by atoms with E-state index in [0.717, 1.165) is 11.4 Å². The van der Waals surface area contributed by atoms with E-state index >= 15 is 0 Å². The van der Waals surface area contributed by atoms with Crippen LogP contribution in [0.4, 0.5) is 5.95 Å². The summed E-state index contributed by atoms with van der Waals surface area (Å²) >= 11 is 0. The Bertz CT molecular complexity index is 327. The summed E-state index contributed by atoms with van der Waals surface area (Å²) in [6.45, 7) is 9.43. The summed E-state index contributed by atoms with van der Waals surface area (Å²) in [7, 11) is 0. The molecule has 0 aliphatic rings. The molecule has 15 heavy (non-hydrogen) atoms. The Morgan fingerprint density at radius 1 is 1.27 bits per heavy atom. The van der Waals surface area contributed by atoms with Crippen LogP contribution in [0, 0.1) is 13.8 Å². The van der Waals surface area contributed by atoms with E-state index in [2.05, 4.69) is 15.3 Å². The lowest BCUT2D eigenvalue weighted by atomic mass is 9.99. The first-order valence-corrected chi connectivity index (χ1v) is 5.10. The Morgan fingerprint density at radius 3 is 2.13 bits per heavy atom. The predicted octanol–water partition coefficient (Wildman–Crippen LogP) is 1.66. The Labute approximate surface area is 90.8 Å². The molecule has 2 N–H and O–H groups in total. The normalized spacial score (nSPS) is 13.7. The second kappa shape index (κ2) is 4.14. The van der Waals surface area contributed by atoms with Crippen LogP contribution in [0.2, 0.25) is 0 Å². The fourth-order valence-corrected chi connectivity index (χ4v) is 1.17. The van der Waals surface area contributed by atoms with Gasteiger partial charge in [0.2, 0.25) is 5.95 Å². The number of aliphatic hydroxyl groups is 1. The van der Waals surface area contributed by atoms with Gasteiger partial charge in [0.05, 0.1) is 11.6 Å². The lowest BCUT2D eigenvalue weighted by molar-refractivity contribution is 0.132. The van der Waals surface area contributed by atoms with Crippen LogP contribution in [0.3, 0.4) is 0 Å². The average molecular weight is 209 g/mol. The van der Waals surface area contributed by atoms with Crippen LogP contribution >= 0.6 is 0 Å². The van der Waals surface area contributed by atoms with Crippen LogP contribution < -0.4 is 5.32 Å². The minimum Gasteiger partial charge on any atom is -0.391 e. The SMILES string of the molecule is Cc1cc(C)nc(NC(C)(C)C(C)O)n1. The van der Waals surface area contributed by atoms with Crippen LogP contribution in [0.1, 0.15) is 32.2 Å². The van der Waals surface area contributed by atoms with E-state index in [1.165, 1.54) is 0 Å². The van der Waals surface area contributed by atoms with Gasteiger partial charge in [0.15, 0.2) is 0 Å². The molecule has 0 bridgehead atoms. The van der Waals surface area contributed by atoms with Gasteiger partial charge in [-0.05, 0) is 40.7 Å². The minimum atomic E-state index is -0.470. The molecule has 0 aromatic carbocycles. The van der Waals surface area contributed by atoms with Gasteiger partial charge in [-0.25, -0.2) is 9.97 Å². The zero-order valence-corrected chi connectivity index (χ0v) is 10.00. The maximum atomic E-state index is 9.56. The van der Waals surface area contributed by atoms with Gasteiger partial charge in [-0.1, -0.05) is 0 Å². The number of nitrogens with zero attached hydrogens (tertiary/aromatic N) is 2. The summed E-state index contributed by atoms with van der Waals surface area (Å²) in [4.78, 5) is 8.54. The van der Waals surface area contributed by atoms with Gasteiger partial charge in [0.25, 0.3) is 0 Å². The Morgan fingerprint density at radius 2 is 1.73 bits per heavy atom. The van der Waals surface area contributed by atoms with Crippen LogP contribution in [0.25, 0.3) is 0 Å². The molecule has 0 radical (unpaired) electrons. The summed E-state index contributed by atoms with van der Waals surface area (Å²) in [5.74, 6) is 0.568. The third-order valence-electron chi connectivity index (χ3n) is 2.46. The van der Waals surface area contributed by atoms with Crippen LogP contribution in [-0.2, 0) is 0 Å². The molecule has 0 saturated heterocycles. The third-order valence-corrected chi connectivity index (χ3v) is 2.46. The number of aromatic nitrogens is 2. The van der Waals surface area contributed by atoms with Crippen molar-refractivity contribution in [3.63, 3.8) is 0 Å². The molecule has 1 rings (SSSR count). The van der Waals surface area contributed by atoms with Crippen molar-refractivity contribution in [3.05, 3.63) is 17.5 Å². The fourth-order valence-electron chi connectivity index (χ4n) is 1.17. The molecule has 4 nitrogen and oxygen atoms in total. The van der Waals surface area contributed by atoms with Crippen LogP contribution in [-0.4, -0.2) is 26.7 Å². The van der Waals surface area contributed by atoms with Gasteiger partial charge in [0.1, 0.15) is 0 Å². The molecule has 1 aromatic heterocycles. The number of anilines is 1. The Kier molecular flexibility index (Phi) is 3.29. The number of nitrogens with one attached hydrogen (secondary N) is 1. The zero-order chi connectivity index (χ0) is 11.6. The highest BCUT2D eigenvalue weighted by atomic mass is 16.3. The number of hydrogen-bond donors (Lipinski definition) is 2. The molecule has 0 aliphatic carbocycles. The second-order valence-electron chi connectivity index (χ2n) is 4.50. The smallest absolute Gasteiger partial charge is 0.223 e. The van der Waals surface area contributed by atoms with E-state index in [4.69, 9.17) is 0 Å². The number of aliphatic hydroxyl groups excluding tert-OH is 1. The van der Waals surface area contributed by atoms with Gasteiger partial charge in [0, 0.05) is 11.4 Å². The van der Waals surface area contributed by atoms with Gasteiger partial charge >= 0.3 is 0 Å². The number of rotatable bonds is 3. The standard InChI is InChI=1S/C11H19N3O/c1-7-6-8(2)13-10(12-7)14-11(4,5)9(3)15/h6,9,15H,1-5H3,(H,12,13,14). The maximum Gasteiger partial charge on any atom is 0.223 e. The largest absolute Gasteiger partial charge is 0.391 e. The zero-order valence-electron chi connectivity index (χ0n) is 10.00. The molecule has 0 amide bonds. The highest BCUT2D eigenvalue weighted by Gasteiger charge is 2.24. The maximum absolute atomic E-state index is 9.56. The lowest BCUT2D eigenvalue weighted by Crippen LogP contribution is -2.42. The average Bonchev–Trinajstić information content (AvgIpc) is 1.99. The first-order chi connectivity index (χ1) is 6.81. The van der Waals surface area contributed by atoms with E-state index in [1.807, 2.05) is 33.8 Å². The van der Waals surface area contributed by atoms with Crippen molar-refractivity contribution in [2.45, 2.75) is 46.3 Å². The summed E-state index contributed by atoms with van der Waals surface area (Å²) in [5.41, 5.74) is 1.41. The summed E-state index contributed by atoms with van der Waals surface area (Å²) < 4.78 is 0. The Balaban J connectivity index is 2.89. The number of hydrogen-bond acceptors (Lipinski definition) is 4. The summed E-state index contributed by atoms with van der Waals surface area (Å²) in [6.07, 6.45) is -0.470. The van der Waals surface area contributed by atoms with Crippen LogP contribution in [0.15, 0.2) is 6.07 Å². The molecule has 1 heterocycles. The molecular formula is C11H19N3O. The van der Waals surface area contributed by atoms with Crippen molar-refractivity contribution < 1.29 is 5.11 Å². The molecule has 0 saturated carbocycles. The van der Waals surface area contributed by atoms with E-state index < -0.39 is 11.6 Å². The van der Waals surface area contributed by atoms with Crippen molar-refractivity contribution >= 4 is 5.95 Å². The van der Waals surface area contributed by atoms with E-state index in [0.29, 0.717) is 5.95 Å². The topological polar surface area (TPSA) is 58.0 Å². The van der Waals surface area contributed by atoms with Gasteiger partial charge in [-0.15, -0.1) is 0 Å². The van der Waals surface area contributed by atoms with Crippen molar-refractivity contribution in [2.75, 3.05) is 5.32 Å². The van der Waals surface area contributed by atoms with E-state index in [1.54, 1.807) is 6.92 Å². The highest BCUT2D eigenvalue weighted by Crippen LogP contribution is 2.15. The third kappa shape index (κ3) is 3.16. The summed E-state index contributed by atoms with van der Waals surface area (Å²) in [5, 5.41) is 12.7. The van der Waals surface area contributed by atoms with E-state index in [9.17, 15) is 5.11 Å². The predicted molar refractivity (Wildman–Crippen MR) is 60.9 cm³/mol. The van der Waals surface area contributed by atoms with Crippen LogP contribution in [0.5, 0.6) is 0 Å². The molecule has 4 heteroatoms. The molecule has 0 fully saturated rings. The van der Waals surface area contributed by atoms with E-state index in [-0.39, 0.29) is 0 Å². The molecule has 1 unspecified atom stereocenters. The minimum absolute atomic E-state index is 0.430. The van der Waals surface area contributed by atoms with Gasteiger partial charge in [-0.2, -0.15) is 0 Å². The molecule has 0 spiro atoms. The Hall–Kier alpha value is -1.16. The second-order valence-corrected chi connectivity index (χ2v) is 4.50.